The first kappa shape index (κ1) is 11.0. The van der Waals surface area contributed by atoms with Crippen LogP contribution in [-0.2, 0) is 14.3 Å². The second-order valence-electron chi connectivity index (χ2n) is 7.02. The molecule has 5 unspecified atom stereocenters. The van der Waals surface area contributed by atoms with Crippen LogP contribution in [0.3, 0.4) is 0 Å². The van der Waals surface area contributed by atoms with Crippen LogP contribution in [0.4, 0.5) is 0 Å². The van der Waals surface area contributed by atoms with Gasteiger partial charge in [-0.2, -0.15) is 0 Å². The summed E-state index contributed by atoms with van der Waals surface area (Å²) in [5.74, 6) is 0.621. The van der Waals surface area contributed by atoms with E-state index in [9.17, 15) is 4.79 Å². The van der Waals surface area contributed by atoms with Gasteiger partial charge in [0.05, 0.1) is 0 Å². The van der Waals surface area contributed by atoms with E-state index in [-0.39, 0.29) is 23.3 Å². The first-order valence-corrected chi connectivity index (χ1v) is 7.01. The van der Waals surface area contributed by atoms with Gasteiger partial charge in [-0.3, -0.25) is 4.79 Å². The van der Waals surface area contributed by atoms with Gasteiger partial charge in [0, 0.05) is 0 Å². The molecule has 2 heterocycles. The number of carbonyl (C=O) groups is 1. The van der Waals surface area contributed by atoms with Crippen LogP contribution in [0.15, 0.2) is 11.6 Å². The Bertz CT molecular complexity index is 482. The van der Waals surface area contributed by atoms with Crippen LogP contribution in [0.1, 0.15) is 46.5 Å². The molecular formula is C15H20O3. The smallest absolute Gasteiger partial charge is 0.318 e. The average Bonchev–Trinajstić information content (AvgIpc) is 2.77. The van der Waals surface area contributed by atoms with Gasteiger partial charge >= 0.3 is 5.97 Å². The molecular weight excluding hydrogens is 228 g/mol. The minimum absolute atomic E-state index is 0.0232. The van der Waals surface area contributed by atoms with E-state index in [1.54, 1.807) is 0 Å². The van der Waals surface area contributed by atoms with Gasteiger partial charge in [0.1, 0.15) is 11.0 Å². The zero-order valence-electron chi connectivity index (χ0n) is 11.3. The Morgan fingerprint density at radius 3 is 2.78 bits per heavy atom. The molecule has 3 heteroatoms. The fraction of sp³-hybridized carbons (Fsp3) is 0.800. The molecule has 2 aliphatic heterocycles. The van der Waals surface area contributed by atoms with Crippen LogP contribution in [0.25, 0.3) is 0 Å². The lowest BCUT2D eigenvalue weighted by Gasteiger charge is -2.37. The van der Waals surface area contributed by atoms with E-state index < -0.39 is 5.41 Å². The molecule has 4 rings (SSSR count). The molecule has 0 bridgehead atoms. The summed E-state index contributed by atoms with van der Waals surface area (Å²) in [4.78, 5) is 12.3. The minimum atomic E-state index is -0.406. The van der Waals surface area contributed by atoms with Gasteiger partial charge in [-0.25, -0.2) is 0 Å². The number of hydrogen-bond donors (Lipinski definition) is 0. The van der Waals surface area contributed by atoms with E-state index in [4.69, 9.17) is 9.47 Å². The molecule has 0 aromatic heterocycles. The molecule has 0 N–H and O–H groups in total. The fourth-order valence-electron chi connectivity index (χ4n) is 4.52. The molecule has 2 aliphatic carbocycles. The Hall–Kier alpha value is -0.830. The van der Waals surface area contributed by atoms with Crippen molar-refractivity contribution < 1.29 is 14.3 Å². The quantitative estimate of drug-likeness (QED) is 0.376. The standard InChI is InChI=1S/C15H20O3/c1-9-5-4-6-10-7-15(8-13(9,10)2)11(16)17-12-14(15,3)18-12/h6,9,12H,4-5,7-8H2,1-3H3. The van der Waals surface area contributed by atoms with Crippen LogP contribution in [0, 0.1) is 16.7 Å². The van der Waals surface area contributed by atoms with Gasteiger partial charge in [0.25, 0.3) is 0 Å². The maximum atomic E-state index is 12.3. The normalized spacial score (nSPS) is 57.1. The summed E-state index contributed by atoms with van der Waals surface area (Å²) in [6.45, 7) is 6.69. The van der Waals surface area contributed by atoms with Crippen molar-refractivity contribution in [3.63, 3.8) is 0 Å². The van der Waals surface area contributed by atoms with Gasteiger partial charge in [-0.05, 0) is 43.9 Å². The average molecular weight is 248 g/mol. The molecule has 98 valence electrons. The molecule has 0 radical (unpaired) electrons. The molecule has 5 atom stereocenters. The molecule has 3 fully saturated rings. The van der Waals surface area contributed by atoms with Crippen LogP contribution in [0.2, 0.25) is 0 Å². The topological polar surface area (TPSA) is 38.8 Å². The number of rotatable bonds is 0. The van der Waals surface area contributed by atoms with Crippen LogP contribution < -0.4 is 0 Å². The lowest BCUT2D eigenvalue weighted by atomic mass is 9.66. The number of carbonyl (C=O) groups excluding carboxylic acids is 1. The zero-order valence-corrected chi connectivity index (χ0v) is 11.3. The van der Waals surface area contributed by atoms with Crippen molar-refractivity contribution in [1.82, 2.24) is 0 Å². The second kappa shape index (κ2) is 2.84. The van der Waals surface area contributed by atoms with E-state index in [1.807, 2.05) is 0 Å². The summed E-state index contributed by atoms with van der Waals surface area (Å²) >= 11 is 0. The third-order valence-electron chi connectivity index (χ3n) is 6.27. The van der Waals surface area contributed by atoms with Gasteiger partial charge in [0.15, 0.2) is 0 Å². The predicted octanol–water partition coefficient (Wildman–Crippen LogP) is 2.80. The van der Waals surface area contributed by atoms with E-state index >= 15 is 0 Å². The number of allylic oxidation sites excluding steroid dienone is 2. The van der Waals surface area contributed by atoms with E-state index in [0.717, 1.165) is 19.3 Å². The molecule has 0 aromatic rings. The summed E-state index contributed by atoms with van der Waals surface area (Å²) in [6.07, 6.45) is 6.22. The molecule has 0 amide bonds. The van der Waals surface area contributed by atoms with Crippen LogP contribution >= 0.6 is 0 Å². The highest BCUT2D eigenvalue weighted by Crippen LogP contribution is 2.70. The van der Waals surface area contributed by atoms with Crippen molar-refractivity contribution in [2.45, 2.75) is 58.3 Å². The van der Waals surface area contributed by atoms with Crippen molar-refractivity contribution in [3.05, 3.63) is 11.6 Å². The monoisotopic (exact) mass is 248 g/mol. The zero-order chi connectivity index (χ0) is 12.8. The van der Waals surface area contributed by atoms with Gasteiger partial charge in [0.2, 0.25) is 6.29 Å². The number of fused-ring (bicyclic) bond motifs is 3. The van der Waals surface area contributed by atoms with Gasteiger partial charge in [-0.1, -0.05) is 25.5 Å². The molecule has 1 saturated carbocycles. The van der Waals surface area contributed by atoms with E-state index in [2.05, 4.69) is 26.8 Å². The first-order chi connectivity index (χ1) is 8.42. The summed E-state index contributed by atoms with van der Waals surface area (Å²) in [5.41, 5.74) is 0.874. The van der Waals surface area contributed by atoms with E-state index in [1.165, 1.54) is 12.0 Å². The largest absolute Gasteiger partial charge is 0.432 e. The maximum absolute atomic E-state index is 12.3. The SMILES string of the molecule is CC1CCC=C2CC3(CC21C)C(=O)OC1OC13C. The number of hydrogen-bond acceptors (Lipinski definition) is 3. The predicted molar refractivity (Wildman–Crippen MR) is 65.6 cm³/mol. The highest BCUT2D eigenvalue weighted by molar-refractivity contribution is 5.84. The highest BCUT2D eigenvalue weighted by Gasteiger charge is 2.80. The van der Waals surface area contributed by atoms with Crippen LogP contribution in [-0.4, -0.2) is 17.9 Å². The molecule has 18 heavy (non-hydrogen) atoms. The van der Waals surface area contributed by atoms with E-state index in [0.29, 0.717) is 5.92 Å². The lowest BCUT2D eigenvalue weighted by Crippen LogP contribution is -2.39. The van der Waals surface area contributed by atoms with Crippen LogP contribution in [0.5, 0.6) is 0 Å². The van der Waals surface area contributed by atoms with Gasteiger partial charge in [-0.15, -0.1) is 0 Å². The number of ether oxygens (including phenoxy) is 2. The third kappa shape index (κ3) is 0.965. The van der Waals surface area contributed by atoms with Crippen molar-refractivity contribution in [2.75, 3.05) is 0 Å². The molecule has 1 spiro atoms. The Morgan fingerprint density at radius 1 is 1.39 bits per heavy atom. The minimum Gasteiger partial charge on any atom is -0.432 e. The third-order valence-corrected chi connectivity index (χ3v) is 6.27. The van der Waals surface area contributed by atoms with Crippen molar-refractivity contribution >= 4 is 5.97 Å². The lowest BCUT2D eigenvalue weighted by molar-refractivity contribution is -0.161. The fourth-order valence-corrected chi connectivity index (χ4v) is 4.52. The Morgan fingerprint density at radius 2 is 2.17 bits per heavy atom. The number of epoxide rings is 1. The number of esters is 1. The summed E-state index contributed by atoms with van der Waals surface area (Å²) < 4.78 is 11.0. The van der Waals surface area contributed by atoms with Gasteiger partial charge < -0.3 is 9.47 Å². The summed E-state index contributed by atoms with van der Waals surface area (Å²) in [7, 11) is 0. The van der Waals surface area contributed by atoms with Crippen molar-refractivity contribution in [1.29, 1.82) is 0 Å². The Balaban J connectivity index is 1.81. The Kier molecular flexibility index (Phi) is 1.74. The second-order valence-corrected chi connectivity index (χ2v) is 7.02. The Labute approximate surface area is 108 Å². The molecule has 3 nitrogen and oxygen atoms in total. The summed E-state index contributed by atoms with van der Waals surface area (Å²) in [6, 6.07) is 0. The van der Waals surface area contributed by atoms with Crippen molar-refractivity contribution in [2.24, 2.45) is 16.7 Å². The first-order valence-electron chi connectivity index (χ1n) is 7.01. The summed E-state index contributed by atoms with van der Waals surface area (Å²) in [5, 5.41) is 0. The highest BCUT2D eigenvalue weighted by atomic mass is 16.8. The van der Waals surface area contributed by atoms with Crippen molar-refractivity contribution in [3.8, 4) is 0 Å². The molecule has 4 aliphatic rings. The molecule has 2 saturated heterocycles. The maximum Gasteiger partial charge on any atom is 0.318 e. The molecule has 0 aromatic carbocycles.